The van der Waals surface area contributed by atoms with Crippen molar-refractivity contribution in [1.82, 2.24) is 14.5 Å². The second-order valence-corrected chi connectivity index (χ2v) is 11.9. The first kappa shape index (κ1) is 31.1. The van der Waals surface area contributed by atoms with Crippen LogP contribution in [0.1, 0.15) is 43.9 Å². The second kappa shape index (κ2) is 13.5. The van der Waals surface area contributed by atoms with Crippen molar-refractivity contribution < 1.29 is 19.2 Å². The van der Waals surface area contributed by atoms with E-state index in [-0.39, 0.29) is 22.4 Å². The number of carbonyl (C=O) groups is 1. The number of halogens is 1. The number of benzene rings is 2. The second-order valence-electron chi connectivity index (χ2n) is 9.42. The Morgan fingerprint density at radius 1 is 1.20 bits per heavy atom. The van der Waals surface area contributed by atoms with E-state index < -0.39 is 22.5 Å². The van der Waals surface area contributed by atoms with E-state index in [9.17, 15) is 19.7 Å². The highest BCUT2D eigenvalue weighted by atomic mass is 35.5. The third kappa shape index (κ3) is 6.30. The first-order chi connectivity index (χ1) is 21.2. The summed E-state index contributed by atoms with van der Waals surface area (Å²) in [7, 11) is 1.50. The highest BCUT2D eigenvalue weighted by molar-refractivity contribution is 7.99. The van der Waals surface area contributed by atoms with Gasteiger partial charge < -0.3 is 9.47 Å². The van der Waals surface area contributed by atoms with Crippen molar-refractivity contribution in [3.8, 4) is 5.75 Å². The number of allylic oxidation sites excluding steroid dienone is 1. The van der Waals surface area contributed by atoms with Crippen LogP contribution in [0.15, 0.2) is 86.0 Å². The van der Waals surface area contributed by atoms with Gasteiger partial charge in [0.05, 0.1) is 39.3 Å². The van der Waals surface area contributed by atoms with E-state index in [0.717, 1.165) is 23.1 Å². The lowest BCUT2D eigenvalue weighted by Crippen LogP contribution is -2.40. The molecule has 14 heteroatoms. The molecule has 5 rings (SSSR count). The fourth-order valence-corrected chi connectivity index (χ4v) is 6.77. The standard InChI is InChI=1S/C30H26ClN5O6S2/c1-4-7-20-25(28(38)42-5-2)26(19-16-18(31)9-10-22(19)41-3)35-27(37)24(44-30(35)34-20)15-17-8-11-23(21(14-17)36(39)40)43-29-32-12-6-13-33-29/h6,8-16,26H,4-5,7H2,1-3H3/b24-15-/t26-/m0/s1. The van der Waals surface area contributed by atoms with Gasteiger partial charge in [0, 0.05) is 29.0 Å². The molecule has 2 aromatic heterocycles. The van der Waals surface area contributed by atoms with Crippen LogP contribution in [0.3, 0.4) is 0 Å². The van der Waals surface area contributed by atoms with Gasteiger partial charge in [-0.2, -0.15) is 0 Å². The van der Waals surface area contributed by atoms with Crippen LogP contribution < -0.4 is 19.6 Å². The lowest BCUT2D eigenvalue weighted by molar-refractivity contribution is -0.387. The van der Waals surface area contributed by atoms with Gasteiger partial charge in [-0.05, 0) is 67.1 Å². The van der Waals surface area contributed by atoms with Gasteiger partial charge in [0.15, 0.2) is 9.96 Å². The van der Waals surface area contributed by atoms with Crippen molar-refractivity contribution in [3.05, 3.63) is 112 Å². The van der Waals surface area contributed by atoms with Gasteiger partial charge in [0.25, 0.3) is 11.2 Å². The Morgan fingerprint density at radius 3 is 2.66 bits per heavy atom. The largest absolute Gasteiger partial charge is 0.496 e. The highest BCUT2D eigenvalue weighted by Gasteiger charge is 2.36. The summed E-state index contributed by atoms with van der Waals surface area (Å²) in [5.41, 5.74) is 1.09. The van der Waals surface area contributed by atoms with Crippen LogP contribution in [0.5, 0.6) is 5.75 Å². The third-order valence-corrected chi connectivity index (χ3v) is 8.78. The molecule has 0 saturated carbocycles. The summed E-state index contributed by atoms with van der Waals surface area (Å²) in [5, 5.41) is 12.7. The number of methoxy groups -OCH3 is 1. The molecule has 1 aliphatic rings. The summed E-state index contributed by atoms with van der Waals surface area (Å²) < 4.78 is 12.8. The van der Waals surface area contributed by atoms with E-state index >= 15 is 0 Å². The number of esters is 1. The number of nitro benzene ring substituents is 1. The Labute approximate surface area is 264 Å². The molecular formula is C30H26ClN5O6S2. The maximum absolute atomic E-state index is 14.1. The monoisotopic (exact) mass is 651 g/mol. The fourth-order valence-electron chi connectivity index (χ4n) is 4.78. The van der Waals surface area contributed by atoms with Gasteiger partial charge in [-0.25, -0.2) is 19.8 Å². The Hall–Kier alpha value is -4.33. The molecule has 0 aliphatic carbocycles. The Bertz CT molecular complexity index is 1960. The van der Waals surface area contributed by atoms with Crippen LogP contribution in [0, 0.1) is 10.1 Å². The van der Waals surface area contributed by atoms with Gasteiger partial charge in [-0.1, -0.05) is 42.3 Å². The quantitative estimate of drug-likeness (QED) is 0.0993. The average Bonchev–Trinajstić information content (AvgIpc) is 3.31. The van der Waals surface area contributed by atoms with E-state index in [2.05, 4.69) is 9.97 Å². The van der Waals surface area contributed by atoms with Crippen molar-refractivity contribution in [2.45, 2.75) is 42.8 Å². The Kier molecular flexibility index (Phi) is 9.57. The van der Waals surface area contributed by atoms with Crippen molar-refractivity contribution in [1.29, 1.82) is 0 Å². The van der Waals surface area contributed by atoms with Crippen LogP contribution in [0.2, 0.25) is 5.02 Å². The molecule has 0 amide bonds. The number of hydrogen-bond donors (Lipinski definition) is 0. The maximum Gasteiger partial charge on any atom is 0.338 e. The van der Waals surface area contributed by atoms with Crippen molar-refractivity contribution in [2.24, 2.45) is 4.99 Å². The molecule has 3 heterocycles. The zero-order chi connectivity index (χ0) is 31.4. The van der Waals surface area contributed by atoms with E-state index in [1.165, 1.54) is 17.7 Å². The molecule has 1 aliphatic heterocycles. The predicted octanol–water partition coefficient (Wildman–Crippen LogP) is 5.09. The topological polar surface area (TPSA) is 139 Å². The summed E-state index contributed by atoms with van der Waals surface area (Å²) in [6.07, 6.45) is 5.85. The SMILES string of the molecule is CCCC1=C(C(=O)OCC)[C@H](c2cc(Cl)ccc2OC)n2c(s/c(=C\c3ccc(Sc4ncccn4)c([N+](=O)[O-])c3)c2=O)=N1. The van der Waals surface area contributed by atoms with E-state index in [1.54, 1.807) is 61.8 Å². The van der Waals surface area contributed by atoms with Gasteiger partial charge in [0.2, 0.25) is 0 Å². The van der Waals surface area contributed by atoms with Crippen LogP contribution >= 0.6 is 34.7 Å². The van der Waals surface area contributed by atoms with Crippen LogP contribution in [0.25, 0.3) is 6.08 Å². The number of nitro groups is 1. The van der Waals surface area contributed by atoms with Gasteiger partial charge in [-0.3, -0.25) is 19.5 Å². The molecule has 0 radical (unpaired) electrons. The van der Waals surface area contributed by atoms with Crippen LogP contribution in [-0.4, -0.2) is 39.1 Å². The molecule has 0 bridgehead atoms. The molecule has 0 unspecified atom stereocenters. The number of carbonyl (C=O) groups excluding carboxylic acids is 1. The normalized spacial score (nSPS) is 14.6. The molecule has 0 spiro atoms. The molecule has 0 N–H and O–H groups in total. The summed E-state index contributed by atoms with van der Waals surface area (Å²) in [5.74, 6) is -0.160. The minimum absolute atomic E-state index is 0.134. The molecule has 2 aromatic carbocycles. The van der Waals surface area contributed by atoms with Gasteiger partial charge >= 0.3 is 5.97 Å². The highest BCUT2D eigenvalue weighted by Crippen LogP contribution is 2.38. The maximum atomic E-state index is 14.1. The predicted molar refractivity (Wildman–Crippen MR) is 167 cm³/mol. The number of thiazole rings is 1. The lowest BCUT2D eigenvalue weighted by Gasteiger charge is -2.27. The summed E-state index contributed by atoms with van der Waals surface area (Å²) in [6, 6.07) is 10.4. The number of fused-ring (bicyclic) bond motifs is 1. The van der Waals surface area contributed by atoms with Crippen molar-refractivity contribution in [2.75, 3.05) is 13.7 Å². The lowest BCUT2D eigenvalue weighted by atomic mass is 9.93. The molecule has 0 fully saturated rings. The minimum atomic E-state index is -0.929. The molecular weight excluding hydrogens is 626 g/mol. The molecule has 1 atom stereocenters. The summed E-state index contributed by atoms with van der Waals surface area (Å²) in [6.45, 7) is 3.81. The van der Waals surface area contributed by atoms with Gasteiger partial charge in [-0.15, -0.1) is 0 Å². The average molecular weight is 652 g/mol. The first-order valence-electron chi connectivity index (χ1n) is 13.5. The molecule has 44 heavy (non-hydrogen) atoms. The van der Waals surface area contributed by atoms with Crippen LogP contribution in [-0.2, 0) is 9.53 Å². The van der Waals surface area contributed by atoms with E-state index in [4.69, 9.17) is 26.1 Å². The van der Waals surface area contributed by atoms with Crippen molar-refractivity contribution in [3.63, 3.8) is 0 Å². The zero-order valence-corrected chi connectivity index (χ0v) is 26.2. The van der Waals surface area contributed by atoms with Gasteiger partial charge in [0.1, 0.15) is 11.8 Å². The smallest absolute Gasteiger partial charge is 0.338 e. The number of aromatic nitrogens is 3. The molecule has 0 saturated heterocycles. The third-order valence-electron chi connectivity index (χ3n) is 6.60. The van der Waals surface area contributed by atoms with Crippen molar-refractivity contribution >= 4 is 52.4 Å². The van der Waals surface area contributed by atoms with E-state index in [0.29, 0.717) is 55.3 Å². The minimum Gasteiger partial charge on any atom is -0.496 e. The Balaban J connectivity index is 1.70. The molecule has 4 aromatic rings. The fraction of sp³-hybridized carbons (Fsp3) is 0.233. The number of nitrogens with zero attached hydrogens (tertiary/aromatic N) is 5. The summed E-state index contributed by atoms with van der Waals surface area (Å²) >= 11 is 8.59. The number of rotatable bonds is 10. The molecule has 226 valence electrons. The Morgan fingerprint density at radius 2 is 1.98 bits per heavy atom. The number of ether oxygens (including phenoxy) is 2. The molecule has 11 nitrogen and oxygen atoms in total. The van der Waals surface area contributed by atoms with Crippen LogP contribution in [0.4, 0.5) is 5.69 Å². The first-order valence-corrected chi connectivity index (χ1v) is 15.6. The number of hydrogen-bond acceptors (Lipinski definition) is 11. The zero-order valence-electron chi connectivity index (χ0n) is 23.9. The van der Waals surface area contributed by atoms with E-state index in [1.807, 2.05) is 6.92 Å². The summed E-state index contributed by atoms with van der Waals surface area (Å²) in [4.78, 5) is 52.7.